The Bertz CT molecular complexity index is 312. The average Bonchev–Trinajstić information content (AvgIpc) is 2.05. The van der Waals surface area contributed by atoms with Crippen LogP contribution in [-0.4, -0.2) is 21.2 Å². The monoisotopic (exact) mass is 168 g/mol. The number of nitrogens with two attached hydrogens (primary N) is 1. The molecule has 1 heterocycles. The van der Waals surface area contributed by atoms with Gasteiger partial charge in [-0.3, -0.25) is 0 Å². The van der Waals surface area contributed by atoms with Gasteiger partial charge in [-0.1, -0.05) is 0 Å². The number of aliphatic hydroxyl groups is 1. The molecule has 5 heteroatoms. The normalized spacial score (nSPS) is 9.75. The molecule has 1 rings (SSSR count). The van der Waals surface area contributed by atoms with Crippen molar-refractivity contribution < 1.29 is 15.0 Å². The first-order valence-electron chi connectivity index (χ1n) is 3.24. The highest BCUT2D eigenvalue weighted by molar-refractivity contribution is 5.91. The van der Waals surface area contributed by atoms with Crippen LogP contribution in [-0.2, 0) is 6.61 Å². The van der Waals surface area contributed by atoms with Crippen molar-refractivity contribution in [3.05, 3.63) is 23.5 Å². The Balaban J connectivity index is 3.17. The molecule has 0 aliphatic heterocycles. The summed E-state index contributed by atoms with van der Waals surface area (Å²) in [4.78, 5) is 14.1. The van der Waals surface area contributed by atoms with Crippen molar-refractivity contribution >= 4 is 11.7 Å². The van der Waals surface area contributed by atoms with E-state index in [9.17, 15) is 4.79 Å². The molecule has 12 heavy (non-hydrogen) atoms. The Morgan fingerprint density at radius 3 is 2.75 bits per heavy atom. The number of carboxylic acids is 1. The molecular formula is C7H8N2O3. The molecule has 0 aromatic carbocycles. The highest BCUT2D eigenvalue weighted by Gasteiger charge is 2.09. The zero-order valence-corrected chi connectivity index (χ0v) is 6.19. The van der Waals surface area contributed by atoms with E-state index in [1.807, 2.05) is 0 Å². The Morgan fingerprint density at radius 2 is 2.25 bits per heavy atom. The minimum atomic E-state index is -1.19. The van der Waals surface area contributed by atoms with Crippen molar-refractivity contribution in [1.82, 2.24) is 4.98 Å². The van der Waals surface area contributed by atoms with E-state index in [2.05, 4.69) is 4.98 Å². The van der Waals surface area contributed by atoms with Gasteiger partial charge in [0.2, 0.25) is 0 Å². The van der Waals surface area contributed by atoms with E-state index in [1.54, 1.807) is 0 Å². The topological polar surface area (TPSA) is 96.4 Å². The van der Waals surface area contributed by atoms with E-state index in [1.165, 1.54) is 12.1 Å². The van der Waals surface area contributed by atoms with Crippen molar-refractivity contribution in [1.29, 1.82) is 0 Å². The molecule has 1 aromatic rings. The molecule has 1 aromatic heterocycles. The van der Waals surface area contributed by atoms with Gasteiger partial charge in [-0.25, -0.2) is 9.78 Å². The second kappa shape index (κ2) is 3.19. The number of aliphatic hydroxyl groups excluding tert-OH is 1. The fourth-order valence-electron chi connectivity index (χ4n) is 0.770. The summed E-state index contributed by atoms with van der Waals surface area (Å²) >= 11 is 0. The molecule has 0 radical (unpaired) electrons. The van der Waals surface area contributed by atoms with Gasteiger partial charge < -0.3 is 15.9 Å². The van der Waals surface area contributed by atoms with Gasteiger partial charge in [0.05, 0.1) is 18.0 Å². The summed E-state index contributed by atoms with van der Waals surface area (Å²) < 4.78 is 0. The molecule has 0 unspecified atom stereocenters. The minimum absolute atomic E-state index is 0.0969. The molecule has 5 nitrogen and oxygen atoms in total. The van der Waals surface area contributed by atoms with E-state index in [0.29, 0.717) is 5.69 Å². The van der Waals surface area contributed by atoms with Crippen LogP contribution in [0.15, 0.2) is 12.1 Å². The van der Waals surface area contributed by atoms with Gasteiger partial charge in [-0.05, 0) is 12.1 Å². The molecule has 0 aliphatic rings. The highest BCUT2D eigenvalue weighted by atomic mass is 16.4. The maximum absolute atomic E-state index is 10.5. The quantitative estimate of drug-likeness (QED) is 0.570. The van der Waals surface area contributed by atoms with Crippen LogP contribution in [0.2, 0.25) is 0 Å². The van der Waals surface area contributed by atoms with E-state index in [0.717, 1.165) is 0 Å². The average molecular weight is 168 g/mol. The van der Waals surface area contributed by atoms with Crippen molar-refractivity contribution in [2.75, 3.05) is 5.73 Å². The molecule has 0 aliphatic carbocycles. The number of hydrogen-bond acceptors (Lipinski definition) is 4. The molecule has 4 N–H and O–H groups in total. The number of pyridine rings is 1. The van der Waals surface area contributed by atoms with Crippen molar-refractivity contribution in [3.63, 3.8) is 0 Å². The summed E-state index contributed by atoms with van der Waals surface area (Å²) in [5.74, 6) is -1.19. The van der Waals surface area contributed by atoms with Crippen LogP contribution in [0.3, 0.4) is 0 Å². The predicted molar refractivity (Wildman–Crippen MR) is 41.5 cm³/mol. The molecule has 0 spiro atoms. The smallest absolute Gasteiger partial charge is 0.356 e. The van der Waals surface area contributed by atoms with Crippen LogP contribution in [0.5, 0.6) is 0 Å². The number of anilines is 1. The summed E-state index contributed by atoms with van der Waals surface area (Å²) in [5.41, 5.74) is 5.49. The van der Waals surface area contributed by atoms with Crippen LogP contribution >= 0.6 is 0 Å². The molecule has 0 fully saturated rings. The molecule has 0 bridgehead atoms. The fourth-order valence-corrected chi connectivity index (χ4v) is 0.770. The number of carboxylic acid groups (broad SMARTS) is 1. The number of nitrogens with zero attached hydrogens (tertiary/aromatic N) is 1. The van der Waals surface area contributed by atoms with Gasteiger partial charge in [-0.15, -0.1) is 0 Å². The Hall–Kier alpha value is -1.62. The maximum Gasteiger partial charge on any atom is 0.356 e. The molecule has 0 atom stereocenters. The minimum Gasteiger partial charge on any atom is -0.476 e. The standard InChI is InChI=1S/C7H8N2O3/c8-5-2-1-4(3-10)9-6(5)7(11)12/h1-2,10H,3,8H2,(H,11,12). The van der Waals surface area contributed by atoms with Crippen LogP contribution in [0.1, 0.15) is 16.2 Å². The lowest BCUT2D eigenvalue weighted by atomic mass is 10.2. The second-order valence-corrected chi connectivity index (χ2v) is 2.20. The lowest BCUT2D eigenvalue weighted by Gasteiger charge is -2.00. The van der Waals surface area contributed by atoms with Crippen LogP contribution in [0, 0.1) is 0 Å². The van der Waals surface area contributed by atoms with Gasteiger partial charge in [0.25, 0.3) is 0 Å². The second-order valence-electron chi connectivity index (χ2n) is 2.20. The first-order chi connectivity index (χ1) is 5.65. The van der Waals surface area contributed by atoms with Gasteiger partial charge in [-0.2, -0.15) is 0 Å². The van der Waals surface area contributed by atoms with E-state index in [4.69, 9.17) is 15.9 Å². The molecule has 0 amide bonds. The summed E-state index contributed by atoms with van der Waals surface area (Å²) in [6.07, 6.45) is 0. The third-order valence-corrected chi connectivity index (χ3v) is 1.35. The SMILES string of the molecule is Nc1ccc(CO)nc1C(=O)O. The fraction of sp³-hybridized carbons (Fsp3) is 0.143. The maximum atomic E-state index is 10.5. The number of aromatic nitrogens is 1. The number of aromatic carboxylic acids is 1. The van der Waals surface area contributed by atoms with E-state index >= 15 is 0 Å². The Labute approximate surface area is 68.5 Å². The van der Waals surface area contributed by atoms with Crippen LogP contribution < -0.4 is 5.73 Å². The summed E-state index contributed by atoms with van der Waals surface area (Å²) in [6, 6.07) is 2.88. The van der Waals surface area contributed by atoms with E-state index in [-0.39, 0.29) is 18.0 Å². The van der Waals surface area contributed by atoms with Gasteiger partial charge in [0.1, 0.15) is 0 Å². The zero-order valence-electron chi connectivity index (χ0n) is 6.19. The van der Waals surface area contributed by atoms with Crippen molar-refractivity contribution in [2.24, 2.45) is 0 Å². The number of hydrogen-bond donors (Lipinski definition) is 3. The molecular weight excluding hydrogens is 160 g/mol. The third-order valence-electron chi connectivity index (χ3n) is 1.35. The van der Waals surface area contributed by atoms with Gasteiger partial charge in [0.15, 0.2) is 5.69 Å². The Morgan fingerprint density at radius 1 is 1.58 bits per heavy atom. The summed E-state index contributed by atoms with van der Waals surface area (Å²) in [5, 5.41) is 17.2. The summed E-state index contributed by atoms with van der Waals surface area (Å²) in [7, 11) is 0. The number of nitrogen functional groups attached to an aromatic ring is 1. The largest absolute Gasteiger partial charge is 0.476 e. The Kier molecular flexibility index (Phi) is 2.25. The number of rotatable bonds is 2. The number of carbonyl (C=O) groups is 1. The van der Waals surface area contributed by atoms with Gasteiger partial charge >= 0.3 is 5.97 Å². The highest BCUT2D eigenvalue weighted by Crippen LogP contribution is 2.09. The van der Waals surface area contributed by atoms with Gasteiger partial charge in [0, 0.05) is 0 Å². The lowest BCUT2D eigenvalue weighted by molar-refractivity contribution is 0.0691. The molecule has 0 saturated carbocycles. The first-order valence-corrected chi connectivity index (χ1v) is 3.24. The van der Waals surface area contributed by atoms with E-state index < -0.39 is 5.97 Å². The van der Waals surface area contributed by atoms with Crippen molar-refractivity contribution in [2.45, 2.75) is 6.61 Å². The first kappa shape index (κ1) is 8.48. The third kappa shape index (κ3) is 1.51. The van der Waals surface area contributed by atoms with Crippen LogP contribution in [0.25, 0.3) is 0 Å². The zero-order chi connectivity index (χ0) is 9.14. The van der Waals surface area contributed by atoms with Crippen molar-refractivity contribution in [3.8, 4) is 0 Å². The summed E-state index contributed by atoms with van der Waals surface area (Å²) in [6.45, 7) is -0.291. The lowest BCUT2D eigenvalue weighted by Crippen LogP contribution is -2.07. The predicted octanol–water partition coefficient (Wildman–Crippen LogP) is -0.146. The van der Waals surface area contributed by atoms with Crippen LogP contribution in [0.4, 0.5) is 5.69 Å². The molecule has 64 valence electrons. The molecule has 0 saturated heterocycles.